The lowest BCUT2D eigenvalue weighted by Gasteiger charge is -2.14. The number of aromatic nitrogens is 1. The predicted molar refractivity (Wildman–Crippen MR) is 105 cm³/mol. The zero-order chi connectivity index (χ0) is 19.1. The van der Waals surface area contributed by atoms with E-state index in [-0.39, 0.29) is 23.7 Å². The second-order valence-corrected chi connectivity index (χ2v) is 6.70. The van der Waals surface area contributed by atoms with E-state index in [1.807, 2.05) is 12.1 Å². The summed E-state index contributed by atoms with van der Waals surface area (Å²) in [6, 6.07) is 4.71. The van der Waals surface area contributed by atoms with E-state index in [4.69, 9.17) is 5.73 Å². The molecule has 0 radical (unpaired) electrons. The molecule has 0 aliphatic heterocycles. The summed E-state index contributed by atoms with van der Waals surface area (Å²) < 4.78 is 27.9. The average molecular weight is 359 g/mol. The fraction of sp³-hybridized carbons (Fsp3) is 0.381. The molecule has 3 N–H and O–H groups in total. The van der Waals surface area contributed by atoms with Crippen molar-refractivity contribution in [1.82, 2.24) is 4.98 Å². The number of nitrogens with one attached hydrogen (secondary N) is 1. The van der Waals surface area contributed by atoms with Gasteiger partial charge >= 0.3 is 0 Å². The Morgan fingerprint density at radius 3 is 2.69 bits per heavy atom. The minimum atomic E-state index is -0.669. The first-order valence-corrected chi connectivity index (χ1v) is 9.06. The van der Waals surface area contributed by atoms with Crippen LogP contribution in [0.25, 0.3) is 6.08 Å². The number of pyridine rings is 1. The van der Waals surface area contributed by atoms with Crippen molar-refractivity contribution in [3.63, 3.8) is 0 Å². The van der Waals surface area contributed by atoms with E-state index in [0.717, 1.165) is 29.8 Å². The molecule has 26 heavy (non-hydrogen) atoms. The molecule has 1 aromatic carbocycles. The van der Waals surface area contributed by atoms with E-state index in [9.17, 15) is 8.78 Å². The molecule has 0 saturated heterocycles. The Balaban J connectivity index is 2.21. The average Bonchev–Trinajstić information content (AvgIpc) is 2.59. The van der Waals surface area contributed by atoms with Gasteiger partial charge in [0.25, 0.3) is 0 Å². The molecule has 2 rings (SSSR count). The van der Waals surface area contributed by atoms with Crippen LogP contribution in [-0.4, -0.2) is 11.0 Å². The van der Waals surface area contributed by atoms with Gasteiger partial charge in [0.05, 0.1) is 17.1 Å². The van der Waals surface area contributed by atoms with Crippen molar-refractivity contribution in [2.45, 2.75) is 52.5 Å². The number of aryl methyl sites for hydroxylation is 1. The number of anilines is 2. The highest BCUT2D eigenvalue weighted by atomic mass is 19.1. The van der Waals surface area contributed by atoms with Crippen molar-refractivity contribution in [1.29, 1.82) is 0 Å². The molecule has 0 aliphatic carbocycles. The summed E-state index contributed by atoms with van der Waals surface area (Å²) in [5.74, 6) is -1.23. The number of nitrogens with zero attached hydrogens (tertiary/aromatic N) is 1. The van der Waals surface area contributed by atoms with Gasteiger partial charge in [0.1, 0.15) is 5.82 Å². The zero-order valence-corrected chi connectivity index (χ0v) is 15.7. The SMILES string of the molecule is CCC/C=C\c1ncc(CCc2c(F)ccc(N)c2F)cc1NC(C)C. The van der Waals surface area contributed by atoms with Gasteiger partial charge in [0.2, 0.25) is 0 Å². The quantitative estimate of drug-likeness (QED) is 0.624. The lowest BCUT2D eigenvalue weighted by molar-refractivity contribution is 0.557. The molecule has 0 bridgehead atoms. The molecule has 2 aromatic rings. The van der Waals surface area contributed by atoms with Crippen LogP contribution in [-0.2, 0) is 12.8 Å². The van der Waals surface area contributed by atoms with E-state index in [1.54, 1.807) is 6.20 Å². The Morgan fingerprint density at radius 1 is 1.23 bits per heavy atom. The van der Waals surface area contributed by atoms with Crippen molar-refractivity contribution >= 4 is 17.5 Å². The van der Waals surface area contributed by atoms with Gasteiger partial charge in [-0.25, -0.2) is 8.78 Å². The van der Waals surface area contributed by atoms with Crippen LogP contribution in [0, 0.1) is 11.6 Å². The van der Waals surface area contributed by atoms with Crippen LogP contribution in [0.2, 0.25) is 0 Å². The van der Waals surface area contributed by atoms with E-state index in [0.29, 0.717) is 6.42 Å². The third-order valence-corrected chi connectivity index (χ3v) is 4.03. The van der Waals surface area contributed by atoms with Crippen LogP contribution in [0.5, 0.6) is 0 Å². The molecule has 0 saturated carbocycles. The minimum Gasteiger partial charge on any atom is -0.396 e. The largest absolute Gasteiger partial charge is 0.396 e. The highest BCUT2D eigenvalue weighted by Gasteiger charge is 2.13. The van der Waals surface area contributed by atoms with Crippen LogP contribution in [0.3, 0.4) is 0 Å². The molecule has 140 valence electrons. The maximum Gasteiger partial charge on any atom is 0.152 e. The van der Waals surface area contributed by atoms with Crippen LogP contribution >= 0.6 is 0 Å². The molecular weight excluding hydrogens is 332 g/mol. The Labute approximate surface area is 154 Å². The fourth-order valence-corrected chi connectivity index (χ4v) is 2.69. The number of unbranched alkanes of at least 4 members (excludes halogenated alkanes) is 1. The van der Waals surface area contributed by atoms with Gasteiger partial charge in [0, 0.05) is 17.8 Å². The maximum absolute atomic E-state index is 14.1. The summed E-state index contributed by atoms with van der Waals surface area (Å²) in [6.07, 6.45) is 8.67. The number of rotatable bonds is 8. The second kappa shape index (κ2) is 9.32. The van der Waals surface area contributed by atoms with Gasteiger partial charge < -0.3 is 11.1 Å². The van der Waals surface area contributed by atoms with Gasteiger partial charge in [-0.15, -0.1) is 0 Å². The second-order valence-electron chi connectivity index (χ2n) is 6.70. The number of nitrogens with two attached hydrogens (primary N) is 1. The first-order chi connectivity index (χ1) is 12.4. The monoisotopic (exact) mass is 359 g/mol. The number of benzene rings is 1. The number of halogens is 2. The van der Waals surface area contributed by atoms with Gasteiger partial charge in [-0.2, -0.15) is 0 Å². The Kier molecular flexibility index (Phi) is 7.13. The van der Waals surface area contributed by atoms with E-state index in [2.05, 4.69) is 37.1 Å². The lowest BCUT2D eigenvalue weighted by Crippen LogP contribution is -2.12. The molecule has 1 aromatic heterocycles. The first kappa shape index (κ1) is 19.9. The molecule has 0 fully saturated rings. The van der Waals surface area contributed by atoms with Gasteiger partial charge in [-0.3, -0.25) is 4.98 Å². The molecular formula is C21H27F2N3. The molecule has 0 atom stereocenters. The van der Waals surface area contributed by atoms with E-state index >= 15 is 0 Å². The van der Waals surface area contributed by atoms with E-state index < -0.39 is 11.6 Å². The highest BCUT2D eigenvalue weighted by Crippen LogP contribution is 2.23. The summed E-state index contributed by atoms with van der Waals surface area (Å²) in [4.78, 5) is 4.52. The first-order valence-electron chi connectivity index (χ1n) is 9.06. The normalized spacial score (nSPS) is 11.5. The van der Waals surface area contributed by atoms with Gasteiger partial charge in [-0.05, 0) is 62.9 Å². The topological polar surface area (TPSA) is 50.9 Å². The minimum absolute atomic E-state index is 0.0234. The molecule has 0 spiro atoms. The standard InChI is InChI=1S/C21H27F2N3/c1-4-5-6-7-19-20(26-14(2)3)12-15(13-25-19)8-9-16-17(22)10-11-18(24)21(16)23/h6-7,10-14,26H,4-5,8-9,24H2,1-3H3/b7-6-. The van der Waals surface area contributed by atoms with Crippen molar-refractivity contribution < 1.29 is 8.78 Å². The van der Waals surface area contributed by atoms with Crippen molar-refractivity contribution in [3.8, 4) is 0 Å². The van der Waals surface area contributed by atoms with E-state index in [1.165, 1.54) is 12.1 Å². The predicted octanol–water partition coefficient (Wildman–Crippen LogP) is 5.36. The highest BCUT2D eigenvalue weighted by molar-refractivity contribution is 5.64. The van der Waals surface area contributed by atoms with Crippen LogP contribution in [0.1, 0.15) is 50.4 Å². The third kappa shape index (κ3) is 5.28. The number of allylic oxidation sites excluding steroid dienone is 1. The number of nitrogen functional groups attached to an aromatic ring is 1. The summed E-state index contributed by atoms with van der Waals surface area (Å²) in [6.45, 7) is 6.25. The van der Waals surface area contributed by atoms with Crippen LogP contribution in [0.4, 0.5) is 20.2 Å². The molecule has 0 amide bonds. The molecule has 5 heteroatoms. The summed E-state index contributed by atoms with van der Waals surface area (Å²) >= 11 is 0. The molecule has 1 heterocycles. The zero-order valence-electron chi connectivity index (χ0n) is 15.7. The third-order valence-electron chi connectivity index (χ3n) is 4.03. The summed E-state index contributed by atoms with van der Waals surface area (Å²) in [5.41, 5.74) is 8.26. The Hall–Kier alpha value is -2.43. The summed E-state index contributed by atoms with van der Waals surface area (Å²) in [5, 5.41) is 3.39. The van der Waals surface area contributed by atoms with Crippen molar-refractivity contribution in [2.24, 2.45) is 0 Å². The number of hydrogen-bond acceptors (Lipinski definition) is 3. The molecule has 3 nitrogen and oxygen atoms in total. The van der Waals surface area contributed by atoms with Crippen LogP contribution in [0.15, 0.2) is 30.5 Å². The fourth-order valence-electron chi connectivity index (χ4n) is 2.69. The number of hydrogen-bond donors (Lipinski definition) is 2. The van der Waals surface area contributed by atoms with Crippen LogP contribution < -0.4 is 11.1 Å². The molecule has 0 aliphatic rings. The Morgan fingerprint density at radius 2 is 2.00 bits per heavy atom. The lowest BCUT2D eigenvalue weighted by atomic mass is 10.0. The smallest absolute Gasteiger partial charge is 0.152 e. The van der Waals surface area contributed by atoms with Crippen molar-refractivity contribution in [2.75, 3.05) is 11.1 Å². The van der Waals surface area contributed by atoms with Gasteiger partial charge in [-0.1, -0.05) is 19.4 Å². The van der Waals surface area contributed by atoms with Crippen molar-refractivity contribution in [3.05, 3.63) is 58.9 Å². The van der Waals surface area contributed by atoms with Gasteiger partial charge in [0.15, 0.2) is 5.82 Å². The molecule has 0 unspecified atom stereocenters. The Bertz CT molecular complexity index is 770. The maximum atomic E-state index is 14.1. The summed E-state index contributed by atoms with van der Waals surface area (Å²) in [7, 11) is 0.